The van der Waals surface area contributed by atoms with Gasteiger partial charge in [-0.2, -0.15) is 0 Å². The summed E-state index contributed by atoms with van der Waals surface area (Å²) in [7, 11) is 1.44. The fourth-order valence-electron chi connectivity index (χ4n) is 3.71. The predicted octanol–water partition coefficient (Wildman–Crippen LogP) is 4.46. The van der Waals surface area contributed by atoms with E-state index >= 15 is 0 Å². The Labute approximate surface area is 136 Å². The Hall–Kier alpha value is -0.830. The lowest BCUT2D eigenvalue weighted by molar-refractivity contribution is -0.140. The van der Waals surface area contributed by atoms with Gasteiger partial charge in [0.1, 0.15) is 0 Å². The van der Waals surface area contributed by atoms with Crippen LogP contribution in [-0.2, 0) is 9.53 Å². The first-order chi connectivity index (χ1) is 10.3. The van der Waals surface area contributed by atoms with E-state index in [0.717, 1.165) is 31.7 Å². The van der Waals surface area contributed by atoms with Gasteiger partial charge in [0.15, 0.2) is 0 Å². The Morgan fingerprint density at radius 1 is 1.27 bits per heavy atom. The van der Waals surface area contributed by atoms with Crippen molar-refractivity contribution < 1.29 is 9.53 Å². The zero-order valence-electron chi connectivity index (χ0n) is 15.0. The molecule has 3 nitrogen and oxygen atoms in total. The topological polar surface area (TPSA) is 52.3 Å². The number of hydrogen-bond acceptors (Lipinski definition) is 3. The Balaban J connectivity index is 2.48. The van der Waals surface area contributed by atoms with E-state index in [1.165, 1.54) is 32.8 Å². The van der Waals surface area contributed by atoms with Gasteiger partial charge in [0.05, 0.1) is 7.11 Å². The minimum atomic E-state index is -0.132. The number of rotatable bonds is 7. The van der Waals surface area contributed by atoms with Crippen molar-refractivity contribution in [2.75, 3.05) is 13.7 Å². The molecule has 22 heavy (non-hydrogen) atoms. The van der Waals surface area contributed by atoms with Crippen LogP contribution in [0.4, 0.5) is 0 Å². The number of hydrogen-bond donors (Lipinski definition) is 1. The molecule has 0 radical (unpaired) electrons. The number of allylic oxidation sites excluding steroid dienone is 2. The monoisotopic (exact) mass is 309 g/mol. The third-order valence-electron chi connectivity index (χ3n) is 5.41. The zero-order chi connectivity index (χ0) is 16.6. The van der Waals surface area contributed by atoms with E-state index < -0.39 is 0 Å². The molecular formula is C19H35NO2. The van der Waals surface area contributed by atoms with E-state index in [9.17, 15) is 4.79 Å². The van der Waals surface area contributed by atoms with E-state index in [2.05, 4.69) is 37.7 Å². The maximum atomic E-state index is 11.1. The van der Waals surface area contributed by atoms with Gasteiger partial charge in [-0.05, 0) is 68.2 Å². The van der Waals surface area contributed by atoms with Gasteiger partial charge >= 0.3 is 5.97 Å². The van der Waals surface area contributed by atoms with E-state index in [1.807, 2.05) is 0 Å². The van der Waals surface area contributed by atoms with Gasteiger partial charge in [0.2, 0.25) is 0 Å². The molecule has 128 valence electrons. The molecule has 0 aromatic rings. The van der Waals surface area contributed by atoms with Crippen LogP contribution in [-0.4, -0.2) is 19.6 Å². The van der Waals surface area contributed by atoms with Crippen LogP contribution in [0.15, 0.2) is 12.2 Å². The molecule has 0 amide bonds. The summed E-state index contributed by atoms with van der Waals surface area (Å²) in [4.78, 5) is 11.1. The summed E-state index contributed by atoms with van der Waals surface area (Å²) < 4.78 is 4.66. The summed E-state index contributed by atoms with van der Waals surface area (Å²) >= 11 is 0. The van der Waals surface area contributed by atoms with Crippen molar-refractivity contribution in [2.45, 2.75) is 72.1 Å². The summed E-state index contributed by atoms with van der Waals surface area (Å²) in [6, 6.07) is 0. The molecule has 0 bridgehead atoms. The third kappa shape index (κ3) is 6.12. The fourth-order valence-corrected chi connectivity index (χ4v) is 3.71. The Morgan fingerprint density at radius 2 is 1.91 bits per heavy atom. The summed E-state index contributed by atoms with van der Waals surface area (Å²) in [5.41, 5.74) is 6.68. The second-order valence-electron chi connectivity index (χ2n) is 7.97. The van der Waals surface area contributed by atoms with Crippen LogP contribution in [0.5, 0.6) is 0 Å². The second-order valence-corrected chi connectivity index (χ2v) is 7.97. The molecule has 1 aliphatic carbocycles. The lowest BCUT2D eigenvalue weighted by Crippen LogP contribution is -2.33. The van der Waals surface area contributed by atoms with Crippen molar-refractivity contribution in [2.24, 2.45) is 22.5 Å². The standard InChI is InChI=1S/C19H35NO2/c1-18(2,3)16-9-12-19(13-10-16,14-15-20)11-7-5-6-8-17(21)22-4/h5,7,16H,6,8-15,20H2,1-4H3/b7-5-. The van der Waals surface area contributed by atoms with Crippen molar-refractivity contribution in [3.63, 3.8) is 0 Å². The number of ether oxygens (including phenoxy) is 1. The summed E-state index contributed by atoms with van der Waals surface area (Å²) in [6.07, 6.45) is 13.1. The first-order valence-electron chi connectivity index (χ1n) is 8.75. The van der Waals surface area contributed by atoms with Crippen molar-refractivity contribution in [1.29, 1.82) is 0 Å². The molecule has 0 atom stereocenters. The molecule has 1 rings (SSSR count). The van der Waals surface area contributed by atoms with Gasteiger partial charge in [-0.15, -0.1) is 0 Å². The normalized spacial score (nSPS) is 26.3. The number of methoxy groups -OCH3 is 1. The lowest BCUT2D eigenvalue weighted by atomic mass is 9.62. The van der Waals surface area contributed by atoms with Crippen LogP contribution in [0.25, 0.3) is 0 Å². The highest BCUT2D eigenvalue weighted by atomic mass is 16.5. The van der Waals surface area contributed by atoms with Crippen LogP contribution >= 0.6 is 0 Å². The van der Waals surface area contributed by atoms with Crippen LogP contribution in [0.3, 0.4) is 0 Å². The molecule has 0 aromatic heterocycles. The molecule has 1 saturated carbocycles. The fraction of sp³-hybridized carbons (Fsp3) is 0.842. The number of nitrogens with two attached hydrogens (primary N) is 1. The van der Waals surface area contributed by atoms with Crippen molar-refractivity contribution in [3.05, 3.63) is 12.2 Å². The van der Waals surface area contributed by atoms with Gasteiger partial charge < -0.3 is 10.5 Å². The maximum Gasteiger partial charge on any atom is 0.305 e. The van der Waals surface area contributed by atoms with Crippen LogP contribution in [0.2, 0.25) is 0 Å². The van der Waals surface area contributed by atoms with Gasteiger partial charge in [0.25, 0.3) is 0 Å². The second kappa shape index (κ2) is 8.71. The summed E-state index contributed by atoms with van der Waals surface area (Å²) in [5, 5.41) is 0. The van der Waals surface area contributed by atoms with E-state index in [4.69, 9.17) is 5.73 Å². The highest BCUT2D eigenvalue weighted by Crippen LogP contribution is 2.48. The van der Waals surface area contributed by atoms with E-state index in [-0.39, 0.29) is 5.97 Å². The third-order valence-corrected chi connectivity index (χ3v) is 5.41. The highest BCUT2D eigenvalue weighted by Gasteiger charge is 2.37. The molecule has 0 unspecified atom stereocenters. The summed E-state index contributed by atoms with van der Waals surface area (Å²) in [6.45, 7) is 7.86. The zero-order valence-corrected chi connectivity index (χ0v) is 15.0. The minimum Gasteiger partial charge on any atom is -0.469 e. The molecule has 0 spiro atoms. The minimum absolute atomic E-state index is 0.132. The first kappa shape index (κ1) is 19.2. The van der Waals surface area contributed by atoms with Crippen LogP contribution < -0.4 is 5.73 Å². The first-order valence-corrected chi connectivity index (χ1v) is 8.75. The largest absolute Gasteiger partial charge is 0.469 e. The van der Waals surface area contributed by atoms with Gasteiger partial charge in [-0.25, -0.2) is 0 Å². The number of esters is 1. The molecule has 3 heteroatoms. The van der Waals surface area contributed by atoms with E-state index in [1.54, 1.807) is 0 Å². The molecular weight excluding hydrogens is 274 g/mol. The summed E-state index contributed by atoms with van der Waals surface area (Å²) in [5.74, 6) is 0.703. The number of carbonyl (C=O) groups is 1. The Morgan fingerprint density at radius 3 is 2.41 bits per heavy atom. The van der Waals surface area contributed by atoms with Crippen molar-refractivity contribution in [1.82, 2.24) is 0 Å². The molecule has 1 fully saturated rings. The average Bonchev–Trinajstić information content (AvgIpc) is 2.46. The quantitative estimate of drug-likeness (QED) is 0.558. The van der Waals surface area contributed by atoms with Crippen LogP contribution in [0, 0.1) is 16.7 Å². The predicted molar refractivity (Wildman–Crippen MR) is 92.5 cm³/mol. The van der Waals surface area contributed by atoms with Gasteiger partial charge in [-0.1, -0.05) is 32.9 Å². The molecule has 0 aromatic carbocycles. The molecule has 2 N–H and O–H groups in total. The van der Waals surface area contributed by atoms with Crippen molar-refractivity contribution in [3.8, 4) is 0 Å². The Bertz CT molecular complexity index is 360. The average molecular weight is 309 g/mol. The van der Waals surface area contributed by atoms with Crippen LogP contribution in [0.1, 0.15) is 72.1 Å². The highest BCUT2D eigenvalue weighted by molar-refractivity contribution is 5.69. The molecule has 0 saturated heterocycles. The number of carbonyl (C=O) groups excluding carboxylic acids is 1. The smallest absolute Gasteiger partial charge is 0.305 e. The molecule has 0 aliphatic heterocycles. The lowest BCUT2D eigenvalue weighted by Gasteiger charge is -2.44. The van der Waals surface area contributed by atoms with Gasteiger partial charge in [-0.3, -0.25) is 4.79 Å². The maximum absolute atomic E-state index is 11.1. The van der Waals surface area contributed by atoms with Crippen molar-refractivity contribution >= 4 is 5.97 Å². The SMILES string of the molecule is COC(=O)CC/C=C\CC1(CCN)CCC(C(C)(C)C)CC1. The van der Waals surface area contributed by atoms with E-state index in [0.29, 0.717) is 17.3 Å². The molecule has 0 heterocycles. The molecule has 1 aliphatic rings. The Kier molecular flexibility index (Phi) is 7.61. The van der Waals surface area contributed by atoms with Gasteiger partial charge in [0, 0.05) is 6.42 Å².